The Labute approximate surface area is 104 Å². The smallest absolute Gasteiger partial charge is 0.236 e. The molecule has 2 rings (SSSR count). The quantitative estimate of drug-likeness (QED) is 0.770. The van der Waals surface area contributed by atoms with Gasteiger partial charge in [0.25, 0.3) is 0 Å². The van der Waals surface area contributed by atoms with Crippen molar-refractivity contribution in [3.8, 4) is 0 Å². The third kappa shape index (κ3) is 4.28. The van der Waals surface area contributed by atoms with E-state index >= 15 is 0 Å². The minimum Gasteiger partial charge on any atom is -0.339 e. The second-order valence-electron chi connectivity index (χ2n) is 5.17. The van der Waals surface area contributed by atoms with Gasteiger partial charge in [-0.25, -0.2) is 0 Å². The van der Waals surface area contributed by atoms with Crippen LogP contribution in [0, 0.1) is 0 Å². The summed E-state index contributed by atoms with van der Waals surface area (Å²) in [7, 11) is 0. The Bertz CT molecular complexity index is 231. The van der Waals surface area contributed by atoms with Gasteiger partial charge in [-0.2, -0.15) is 0 Å². The first-order valence-electron chi connectivity index (χ1n) is 7.07. The SMILES string of the molecule is O=C(CN1CCCCCCC1)N1CCNCC1. The van der Waals surface area contributed by atoms with Gasteiger partial charge in [0.2, 0.25) is 5.91 Å². The summed E-state index contributed by atoms with van der Waals surface area (Å²) in [6.45, 7) is 6.52. The molecule has 98 valence electrons. The van der Waals surface area contributed by atoms with Crippen molar-refractivity contribution in [2.45, 2.75) is 32.1 Å². The highest BCUT2D eigenvalue weighted by atomic mass is 16.2. The molecule has 0 bridgehead atoms. The molecule has 4 heteroatoms. The van der Waals surface area contributed by atoms with Gasteiger partial charge >= 0.3 is 0 Å². The van der Waals surface area contributed by atoms with E-state index in [0.717, 1.165) is 39.3 Å². The maximum Gasteiger partial charge on any atom is 0.236 e. The molecule has 0 aromatic rings. The van der Waals surface area contributed by atoms with Gasteiger partial charge in [-0.1, -0.05) is 19.3 Å². The molecule has 2 heterocycles. The predicted octanol–water partition coefficient (Wildman–Crippen LogP) is 0.684. The van der Waals surface area contributed by atoms with Gasteiger partial charge in [-0.05, 0) is 25.9 Å². The topological polar surface area (TPSA) is 35.6 Å². The van der Waals surface area contributed by atoms with E-state index < -0.39 is 0 Å². The Balaban J connectivity index is 1.75. The fourth-order valence-electron chi connectivity index (χ4n) is 2.68. The molecule has 0 unspecified atom stereocenters. The van der Waals surface area contributed by atoms with Gasteiger partial charge in [0, 0.05) is 26.2 Å². The molecule has 4 nitrogen and oxygen atoms in total. The van der Waals surface area contributed by atoms with E-state index in [1.165, 1.54) is 32.1 Å². The molecule has 1 amide bonds. The first-order chi connectivity index (χ1) is 8.36. The highest BCUT2D eigenvalue weighted by Gasteiger charge is 2.19. The minimum absolute atomic E-state index is 0.326. The Kier molecular flexibility index (Phi) is 5.26. The van der Waals surface area contributed by atoms with Crippen LogP contribution in [0.4, 0.5) is 0 Å². The Morgan fingerprint density at radius 2 is 1.47 bits per heavy atom. The highest BCUT2D eigenvalue weighted by molar-refractivity contribution is 5.78. The van der Waals surface area contributed by atoms with Crippen LogP contribution in [0.5, 0.6) is 0 Å². The van der Waals surface area contributed by atoms with Crippen molar-refractivity contribution in [1.29, 1.82) is 0 Å². The lowest BCUT2D eigenvalue weighted by molar-refractivity contribution is -0.133. The number of rotatable bonds is 2. The van der Waals surface area contributed by atoms with Crippen LogP contribution < -0.4 is 5.32 Å². The molecular formula is C13H25N3O. The fraction of sp³-hybridized carbons (Fsp3) is 0.923. The van der Waals surface area contributed by atoms with Gasteiger partial charge < -0.3 is 10.2 Å². The van der Waals surface area contributed by atoms with Gasteiger partial charge in [0.1, 0.15) is 0 Å². The molecule has 0 aliphatic carbocycles. The maximum absolute atomic E-state index is 12.1. The average molecular weight is 239 g/mol. The fourth-order valence-corrected chi connectivity index (χ4v) is 2.68. The zero-order chi connectivity index (χ0) is 11.9. The van der Waals surface area contributed by atoms with Gasteiger partial charge in [0.05, 0.1) is 6.54 Å². The molecule has 1 N–H and O–H groups in total. The number of hydrogen-bond donors (Lipinski definition) is 1. The molecule has 17 heavy (non-hydrogen) atoms. The molecule has 2 aliphatic rings. The van der Waals surface area contributed by atoms with Crippen LogP contribution >= 0.6 is 0 Å². The number of likely N-dealkylation sites (tertiary alicyclic amines) is 1. The summed E-state index contributed by atoms with van der Waals surface area (Å²) in [6, 6.07) is 0. The molecule has 2 saturated heterocycles. The summed E-state index contributed by atoms with van der Waals surface area (Å²) in [4.78, 5) is 16.5. The minimum atomic E-state index is 0.326. The highest BCUT2D eigenvalue weighted by Crippen LogP contribution is 2.10. The maximum atomic E-state index is 12.1. The number of carbonyl (C=O) groups excluding carboxylic acids is 1. The number of nitrogens with zero attached hydrogens (tertiary/aromatic N) is 2. The van der Waals surface area contributed by atoms with E-state index in [2.05, 4.69) is 10.2 Å². The largest absolute Gasteiger partial charge is 0.339 e. The third-order valence-corrected chi connectivity index (χ3v) is 3.78. The summed E-state index contributed by atoms with van der Waals surface area (Å²) < 4.78 is 0. The van der Waals surface area contributed by atoms with Crippen molar-refractivity contribution in [1.82, 2.24) is 15.1 Å². The lowest BCUT2D eigenvalue weighted by Crippen LogP contribution is -2.49. The Hall–Kier alpha value is -0.610. The van der Waals surface area contributed by atoms with E-state index in [4.69, 9.17) is 0 Å². The van der Waals surface area contributed by atoms with Crippen LogP contribution in [0.1, 0.15) is 32.1 Å². The molecule has 2 aliphatic heterocycles. The van der Waals surface area contributed by atoms with E-state index in [1.54, 1.807) is 0 Å². The van der Waals surface area contributed by atoms with Crippen molar-refractivity contribution in [2.75, 3.05) is 45.8 Å². The van der Waals surface area contributed by atoms with Gasteiger partial charge in [-0.15, -0.1) is 0 Å². The lowest BCUT2D eigenvalue weighted by Gasteiger charge is -2.31. The van der Waals surface area contributed by atoms with Crippen LogP contribution in [0.25, 0.3) is 0 Å². The molecular weight excluding hydrogens is 214 g/mol. The summed E-state index contributed by atoms with van der Waals surface area (Å²) in [5.74, 6) is 0.326. The van der Waals surface area contributed by atoms with E-state index in [9.17, 15) is 4.79 Å². The summed E-state index contributed by atoms with van der Waals surface area (Å²) in [6.07, 6.45) is 6.56. The number of piperazine rings is 1. The van der Waals surface area contributed by atoms with Gasteiger partial charge in [0.15, 0.2) is 0 Å². The van der Waals surface area contributed by atoms with Crippen molar-refractivity contribution < 1.29 is 4.79 Å². The predicted molar refractivity (Wildman–Crippen MR) is 69.0 cm³/mol. The molecule has 0 radical (unpaired) electrons. The monoisotopic (exact) mass is 239 g/mol. The summed E-state index contributed by atoms with van der Waals surface area (Å²) in [5.41, 5.74) is 0. The summed E-state index contributed by atoms with van der Waals surface area (Å²) in [5, 5.41) is 3.28. The van der Waals surface area contributed by atoms with Crippen LogP contribution in [-0.2, 0) is 4.79 Å². The molecule has 0 saturated carbocycles. The number of hydrogen-bond acceptors (Lipinski definition) is 3. The molecule has 0 aromatic carbocycles. The zero-order valence-corrected chi connectivity index (χ0v) is 10.8. The van der Waals surface area contributed by atoms with E-state index in [1.807, 2.05) is 4.90 Å². The lowest BCUT2D eigenvalue weighted by atomic mass is 10.1. The third-order valence-electron chi connectivity index (χ3n) is 3.78. The van der Waals surface area contributed by atoms with Crippen LogP contribution in [0.3, 0.4) is 0 Å². The average Bonchev–Trinajstić information content (AvgIpc) is 2.33. The first-order valence-corrected chi connectivity index (χ1v) is 7.07. The molecule has 0 aromatic heterocycles. The van der Waals surface area contributed by atoms with Crippen LogP contribution in [-0.4, -0.2) is 61.5 Å². The van der Waals surface area contributed by atoms with Crippen molar-refractivity contribution >= 4 is 5.91 Å². The van der Waals surface area contributed by atoms with Crippen LogP contribution in [0.2, 0.25) is 0 Å². The summed E-state index contributed by atoms with van der Waals surface area (Å²) >= 11 is 0. The number of nitrogens with one attached hydrogen (secondary N) is 1. The number of carbonyl (C=O) groups is 1. The Morgan fingerprint density at radius 3 is 2.12 bits per heavy atom. The van der Waals surface area contributed by atoms with E-state index in [0.29, 0.717) is 12.5 Å². The second-order valence-corrected chi connectivity index (χ2v) is 5.17. The number of amides is 1. The van der Waals surface area contributed by atoms with E-state index in [-0.39, 0.29) is 0 Å². The first kappa shape index (κ1) is 12.8. The zero-order valence-electron chi connectivity index (χ0n) is 10.8. The van der Waals surface area contributed by atoms with Crippen molar-refractivity contribution in [3.63, 3.8) is 0 Å². The van der Waals surface area contributed by atoms with Crippen LogP contribution in [0.15, 0.2) is 0 Å². The normalized spacial score (nSPS) is 24.1. The molecule has 2 fully saturated rings. The van der Waals surface area contributed by atoms with Crippen molar-refractivity contribution in [2.24, 2.45) is 0 Å². The van der Waals surface area contributed by atoms with Gasteiger partial charge in [-0.3, -0.25) is 9.69 Å². The standard InChI is InChI=1S/C13H25N3O/c17-13(16-10-6-14-7-11-16)12-15-8-4-2-1-3-5-9-15/h14H,1-12H2. The van der Waals surface area contributed by atoms with Crippen molar-refractivity contribution in [3.05, 3.63) is 0 Å². The molecule has 0 spiro atoms. The second kappa shape index (κ2) is 6.97. The Morgan fingerprint density at radius 1 is 0.882 bits per heavy atom. The molecule has 0 atom stereocenters.